The van der Waals surface area contributed by atoms with Crippen LogP contribution in [0, 0.1) is 0 Å². The minimum Gasteiger partial charge on any atom is -0.481 e. The first-order chi connectivity index (χ1) is 8.61. The van der Waals surface area contributed by atoms with Crippen molar-refractivity contribution >= 4 is 11.9 Å². The van der Waals surface area contributed by atoms with E-state index in [0.717, 1.165) is 6.42 Å². The van der Waals surface area contributed by atoms with Gasteiger partial charge in [-0.25, -0.2) is 0 Å². The second-order valence-corrected chi connectivity index (χ2v) is 4.17. The molecule has 6 nitrogen and oxygen atoms in total. The number of aliphatic carboxylic acids is 1. The molecule has 2 N–H and O–H groups in total. The van der Waals surface area contributed by atoms with Crippen LogP contribution < -0.4 is 5.32 Å². The highest BCUT2D eigenvalue weighted by molar-refractivity contribution is 5.77. The van der Waals surface area contributed by atoms with Crippen LogP contribution in [0.5, 0.6) is 0 Å². The summed E-state index contributed by atoms with van der Waals surface area (Å²) in [7, 11) is 0. The van der Waals surface area contributed by atoms with Gasteiger partial charge >= 0.3 is 5.97 Å². The molecular formula is C12H19N3O3. The van der Waals surface area contributed by atoms with Gasteiger partial charge in [0.15, 0.2) is 0 Å². The topological polar surface area (TPSA) is 84.2 Å². The van der Waals surface area contributed by atoms with Crippen molar-refractivity contribution in [3.05, 3.63) is 18.5 Å². The monoisotopic (exact) mass is 253 g/mol. The highest BCUT2D eigenvalue weighted by Crippen LogP contribution is 2.02. The van der Waals surface area contributed by atoms with Gasteiger partial charge in [-0.1, -0.05) is 13.3 Å². The van der Waals surface area contributed by atoms with Crippen LogP contribution in [-0.2, 0) is 16.1 Å². The molecule has 0 aliphatic carbocycles. The number of aryl methyl sites for hydroxylation is 1. The Morgan fingerprint density at radius 2 is 2.28 bits per heavy atom. The SMILES string of the molecule is CCC[C@H](CC(=O)O)NC(=O)CCn1cccn1. The lowest BCUT2D eigenvalue weighted by Gasteiger charge is -2.16. The maximum Gasteiger partial charge on any atom is 0.305 e. The van der Waals surface area contributed by atoms with E-state index in [9.17, 15) is 9.59 Å². The Balaban J connectivity index is 2.33. The third kappa shape index (κ3) is 5.47. The molecule has 6 heteroatoms. The number of aromatic nitrogens is 2. The molecule has 1 aromatic heterocycles. The molecule has 1 rings (SSSR count). The van der Waals surface area contributed by atoms with E-state index in [1.807, 2.05) is 6.92 Å². The Kier molecular flexibility index (Phi) is 5.90. The summed E-state index contributed by atoms with van der Waals surface area (Å²) in [6, 6.07) is 1.51. The van der Waals surface area contributed by atoms with Gasteiger partial charge in [-0.3, -0.25) is 14.3 Å². The number of carboxylic acid groups (broad SMARTS) is 1. The molecule has 0 unspecified atom stereocenters. The van der Waals surface area contributed by atoms with Crippen LogP contribution >= 0.6 is 0 Å². The minimum absolute atomic E-state index is 0.0264. The number of nitrogens with zero attached hydrogens (tertiary/aromatic N) is 2. The van der Waals surface area contributed by atoms with Crippen LogP contribution in [0.3, 0.4) is 0 Å². The van der Waals surface area contributed by atoms with Crippen LogP contribution in [0.25, 0.3) is 0 Å². The zero-order valence-electron chi connectivity index (χ0n) is 10.5. The predicted octanol–water partition coefficient (Wildman–Crippen LogP) is 1.03. The van der Waals surface area contributed by atoms with Crippen molar-refractivity contribution in [3.8, 4) is 0 Å². The van der Waals surface area contributed by atoms with Gasteiger partial charge in [0.1, 0.15) is 0 Å². The molecule has 0 saturated heterocycles. The van der Waals surface area contributed by atoms with Crippen molar-refractivity contribution in [2.75, 3.05) is 0 Å². The summed E-state index contributed by atoms with van der Waals surface area (Å²) in [6.07, 6.45) is 5.25. The quantitative estimate of drug-likeness (QED) is 0.724. The van der Waals surface area contributed by atoms with E-state index in [4.69, 9.17) is 5.11 Å². The van der Waals surface area contributed by atoms with E-state index < -0.39 is 5.97 Å². The molecule has 0 radical (unpaired) electrons. The Morgan fingerprint density at radius 3 is 2.83 bits per heavy atom. The van der Waals surface area contributed by atoms with Gasteiger partial charge in [0, 0.05) is 31.4 Å². The van der Waals surface area contributed by atoms with Gasteiger partial charge in [-0.2, -0.15) is 5.10 Å². The molecule has 100 valence electrons. The van der Waals surface area contributed by atoms with Crippen LogP contribution in [0.4, 0.5) is 0 Å². The van der Waals surface area contributed by atoms with E-state index >= 15 is 0 Å². The van der Waals surface area contributed by atoms with E-state index in [-0.39, 0.29) is 18.4 Å². The molecule has 18 heavy (non-hydrogen) atoms. The number of nitrogens with one attached hydrogen (secondary N) is 1. The van der Waals surface area contributed by atoms with Crippen LogP contribution in [0.15, 0.2) is 18.5 Å². The second-order valence-electron chi connectivity index (χ2n) is 4.17. The lowest BCUT2D eigenvalue weighted by Crippen LogP contribution is -2.36. The number of carbonyl (C=O) groups excluding carboxylic acids is 1. The fourth-order valence-electron chi connectivity index (χ4n) is 1.73. The standard InChI is InChI=1S/C12H19N3O3/c1-2-4-10(9-12(17)18)14-11(16)5-8-15-7-3-6-13-15/h3,6-7,10H,2,4-5,8-9H2,1H3,(H,14,16)(H,17,18)/t10-/m1/s1. The van der Waals surface area contributed by atoms with Crippen LogP contribution in [0.2, 0.25) is 0 Å². The van der Waals surface area contributed by atoms with E-state index in [0.29, 0.717) is 19.4 Å². The van der Waals surface area contributed by atoms with Crippen molar-refractivity contribution in [3.63, 3.8) is 0 Å². The summed E-state index contributed by atoms with van der Waals surface area (Å²) in [6.45, 7) is 2.47. The summed E-state index contributed by atoms with van der Waals surface area (Å²) >= 11 is 0. The van der Waals surface area contributed by atoms with Gasteiger partial charge in [0.2, 0.25) is 5.91 Å². The molecule has 1 aromatic rings. The summed E-state index contributed by atoms with van der Waals surface area (Å²) in [5.74, 6) is -1.02. The Bertz CT molecular complexity index is 376. The fraction of sp³-hybridized carbons (Fsp3) is 0.583. The predicted molar refractivity (Wildman–Crippen MR) is 65.9 cm³/mol. The summed E-state index contributed by atoms with van der Waals surface area (Å²) in [5, 5.41) is 15.5. The van der Waals surface area contributed by atoms with Crippen molar-refractivity contribution in [1.29, 1.82) is 0 Å². The zero-order valence-corrected chi connectivity index (χ0v) is 10.5. The van der Waals surface area contributed by atoms with Crippen molar-refractivity contribution in [2.45, 2.75) is 45.2 Å². The highest BCUT2D eigenvalue weighted by atomic mass is 16.4. The molecule has 0 spiro atoms. The Labute approximate surface area is 106 Å². The lowest BCUT2D eigenvalue weighted by molar-refractivity contribution is -0.137. The Morgan fingerprint density at radius 1 is 1.50 bits per heavy atom. The number of amides is 1. The molecule has 1 heterocycles. The van der Waals surface area contributed by atoms with Crippen molar-refractivity contribution in [2.24, 2.45) is 0 Å². The van der Waals surface area contributed by atoms with Gasteiger partial charge in [-0.15, -0.1) is 0 Å². The van der Waals surface area contributed by atoms with E-state index in [2.05, 4.69) is 10.4 Å². The first-order valence-electron chi connectivity index (χ1n) is 6.10. The zero-order chi connectivity index (χ0) is 13.4. The number of hydrogen-bond acceptors (Lipinski definition) is 3. The first kappa shape index (κ1) is 14.2. The van der Waals surface area contributed by atoms with E-state index in [1.165, 1.54) is 0 Å². The summed E-state index contributed by atoms with van der Waals surface area (Å²) in [5.41, 5.74) is 0. The third-order valence-corrected chi connectivity index (χ3v) is 2.55. The average Bonchev–Trinajstić information content (AvgIpc) is 2.78. The largest absolute Gasteiger partial charge is 0.481 e. The first-order valence-corrected chi connectivity index (χ1v) is 6.10. The third-order valence-electron chi connectivity index (χ3n) is 2.55. The molecule has 1 atom stereocenters. The molecule has 0 aliphatic heterocycles. The van der Waals surface area contributed by atoms with Crippen LogP contribution in [-0.4, -0.2) is 32.8 Å². The molecule has 0 bridgehead atoms. The highest BCUT2D eigenvalue weighted by Gasteiger charge is 2.14. The molecule has 0 saturated carbocycles. The number of hydrogen-bond donors (Lipinski definition) is 2. The number of carbonyl (C=O) groups is 2. The van der Waals surface area contributed by atoms with E-state index in [1.54, 1.807) is 23.1 Å². The smallest absolute Gasteiger partial charge is 0.305 e. The maximum atomic E-state index is 11.7. The number of carboxylic acids is 1. The molecule has 0 fully saturated rings. The number of rotatable bonds is 8. The molecular weight excluding hydrogens is 234 g/mol. The molecule has 0 aliphatic rings. The van der Waals surface area contributed by atoms with Gasteiger partial charge in [0.05, 0.1) is 6.42 Å². The minimum atomic E-state index is -0.888. The molecule has 1 amide bonds. The Hall–Kier alpha value is -1.85. The maximum absolute atomic E-state index is 11.7. The fourth-order valence-corrected chi connectivity index (χ4v) is 1.73. The van der Waals surface area contributed by atoms with Gasteiger partial charge in [-0.05, 0) is 12.5 Å². The van der Waals surface area contributed by atoms with Gasteiger partial charge < -0.3 is 10.4 Å². The summed E-state index contributed by atoms with van der Waals surface area (Å²) < 4.78 is 1.67. The van der Waals surface area contributed by atoms with Crippen molar-refractivity contribution < 1.29 is 14.7 Å². The normalized spacial score (nSPS) is 12.1. The van der Waals surface area contributed by atoms with Crippen molar-refractivity contribution in [1.82, 2.24) is 15.1 Å². The van der Waals surface area contributed by atoms with Gasteiger partial charge in [0.25, 0.3) is 0 Å². The average molecular weight is 253 g/mol. The van der Waals surface area contributed by atoms with Crippen LogP contribution in [0.1, 0.15) is 32.6 Å². The second kappa shape index (κ2) is 7.47. The summed E-state index contributed by atoms with van der Waals surface area (Å²) in [4.78, 5) is 22.3. The lowest BCUT2D eigenvalue weighted by atomic mass is 10.1. The molecule has 0 aromatic carbocycles.